The molecule has 0 spiro atoms. The molecule has 0 unspecified atom stereocenters. The summed E-state index contributed by atoms with van der Waals surface area (Å²) in [6.45, 7) is 3.18. The quantitative estimate of drug-likeness (QED) is 0.588. The maximum absolute atomic E-state index is 12.7. The van der Waals surface area contributed by atoms with Crippen molar-refractivity contribution in [1.82, 2.24) is 9.80 Å². The predicted octanol–water partition coefficient (Wildman–Crippen LogP) is 1.53. The van der Waals surface area contributed by atoms with Gasteiger partial charge in [0.15, 0.2) is 0 Å². The number of para-hydroxylation sites is 1. The van der Waals surface area contributed by atoms with Crippen LogP contribution in [0.4, 0.5) is 5.69 Å². The van der Waals surface area contributed by atoms with E-state index >= 15 is 0 Å². The second kappa shape index (κ2) is 6.76. The van der Waals surface area contributed by atoms with Crippen molar-refractivity contribution >= 4 is 23.4 Å². The number of amides is 3. The molecule has 146 valence electrons. The first-order valence-electron chi connectivity index (χ1n) is 10.2. The van der Waals surface area contributed by atoms with Gasteiger partial charge in [0, 0.05) is 44.8 Å². The second-order valence-corrected chi connectivity index (χ2v) is 8.28. The number of rotatable bonds is 4. The number of likely N-dealkylation sites (tertiary alicyclic amines) is 1. The third-order valence-electron chi connectivity index (χ3n) is 6.86. The van der Waals surface area contributed by atoms with Crippen molar-refractivity contribution in [3.63, 3.8) is 0 Å². The van der Waals surface area contributed by atoms with E-state index < -0.39 is 0 Å². The minimum atomic E-state index is -0.174. The van der Waals surface area contributed by atoms with Crippen LogP contribution in [-0.4, -0.2) is 60.2 Å². The van der Waals surface area contributed by atoms with Gasteiger partial charge in [-0.3, -0.25) is 19.3 Å². The van der Waals surface area contributed by atoms with Gasteiger partial charge < -0.3 is 9.80 Å². The summed E-state index contributed by atoms with van der Waals surface area (Å²) in [5.74, 6) is 0.00373. The van der Waals surface area contributed by atoms with E-state index in [2.05, 4.69) is 29.2 Å². The molecule has 4 aliphatic rings. The SMILES string of the molecule is O=C(CCN1C(=O)[C@@H]2[C@H](C1=O)[C@H]1C=C[C@H]2C1)N1CCN(c2ccccc2)CC1. The molecule has 3 amide bonds. The molecular weight excluding hydrogens is 354 g/mol. The number of imide groups is 1. The van der Waals surface area contributed by atoms with Crippen molar-refractivity contribution in [2.45, 2.75) is 12.8 Å². The fourth-order valence-corrected chi connectivity index (χ4v) is 5.40. The highest BCUT2D eigenvalue weighted by Gasteiger charge is 2.59. The molecule has 0 radical (unpaired) electrons. The Balaban J connectivity index is 1.15. The van der Waals surface area contributed by atoms with Gasteiger partial charge in [-0.2, -0.15) is 0 Å². The van der Waals surface area contributed by atoms with Crippen LogP contribution in [-0.2, 0) is 14.4 Å². The van der Waals surface area contributed by atoms with Crippen LogP contribution in [0.1, 0.15) is 12.8 Å². The topological polar surface area (TPSA) is 60.9 Å². The van der Waals surface area contributed by atoms with Gasteiger partial charge in [-0.05, 0) is 30.4 Å². The zero-order valence-electron chi connectivity index (χ0n) is 15.9. The monoisotopic (exact) mass is 379 g/mol. The Morgan fingerprint density at radius 3 is 2.11 bits per heavy atom. The molecule has 1 saturated carbocycles. The fraction of sp³-hybridized carbons (Fsp3) is 0.500. The van der Waals surface area contributed by atoms with Gasteiger partial charge in [0.25, 0.3) is 0 Å². The van der Waals surface area contributed by atoms with Gasteiger partial charge in [0.2, 0.25) is 17.7 Å². The molecule has 2 bridgehead atoms. The lowest BCUT2D eigenvalue weighted by molar-refractivity contribution is -0.141. The first-order chi connectivity index (χ1) is 13.6. The molecule has 2 aliphatic carbocycles. The Morgan fingerprint density at radius 1 is 0.893 bits per heavy atom. The smallest absolute Gasteiger partial charge is 0.233 e. The number of fused-ring (bicyclic) bond motifs is 5. The molecule has 0 aromatic heterocycles. The first-order valence-corrected chi connectivity index (χ1v) is 10.2. The van der Waals surface area contributed by atoms with E-state index in [1.54, 1.807) is 0 Å². The van der Waals surface area contributed by atoms with Crippen LogP contribution in [0.2, 0.25) is 0 Å². The van der Waals surface area contributed by atoms with Crippen LogP contribution in [0.15, 0.2) is 42.5 Å². The van der Waals surface area contributed by atoms with Gasteiger partial charge in [-0.15, -0.1) is 0 Å². The van der Waals surface area contributed by atoms with E-state index in [1.165, 1.54) is 10.6 Å². The van der Waals surface area contributed by atoms with Crippen molar-refractivity contribution in [2.75, 3.05) is 37.6 Å². The number of allylic oxidation sites excluding steroid dienone is 2. The number of carbonyl (C=O) groups excluding carboxylic acids is 3. The molecule has 4 atom stereocenters. The van der Waals surface area contributed by atoms with Crippen molar-refractivity contribution < 1.29 is 14.4 Å². The summed E-state index contributed by atoms with van der Waals surface area (Å²) in [6, 6.07) is 10.2. The summed E-state index contributed by atoms with van der Waals surface area (Å²) in [5.41, 5.74) is 1.18. The molecule has 6 nitrogen and oxygen atoms in total. The van der Waals surface area contributed by atoms with Gasteiger partial charge >= 0.3 is 0 Å². The summed E-state index contributed by atoms with van der Waals surface area (Å²) < 4.78 is 0. The van der Waals surface area contributed by atoms with Gasteiger partial charge in [-0.1, -0.05) is 30.4 Å². The lowest BCUT2D eigenvalue weighted by Gasteiger charge is -2.36. The Kier molecular flexibility index (Phi) is 4.22. The van der Waals surface area contributed by atoms with Crippen LogP contribution in [0.5, 0.6) is 0 Å². The number of hydrogen-bond acceptors (Lipinski definition) is 4. The highest BCUT2D eigenvalue weighted by Crippen LogP contribution is 2.52. The molecule has 2 heterocycles. The summed E-state index contributed by atoms with van der Waals surface area (Å²) in [6.07, 6.45) is 5.35. The lowest BCUT2D eigenvalue weighted by atomic mass is 9.85. The molecule has 2 saturated heterocycles. The number of piperazine rings is 1. The lowest BCUT2D eigenvalue weighted by Crippen LogP contribution is -2.49. The number of carbonyl (C=O) groups is 3. The summed E-state index contributed by atoms with van der Waals surface area (Å²) in [4.78, 5) is 43.6. The van der Waals surface area contributed by atoms with Crippen LogP contribution in [0, 0.1) is 23.7 Å². The molecule has 3 fully saturated rings. The van der Waals surface area contributed by atoms with Crippen molar-refractivity contribution in [2.24, 2.45) is 23.7 Å². The Morgan fingerprint density at radius 2 is 1.50 bits per heavy atom. The normalized spacial score (nSPS) is 31.1. The highest BCUT2D eigenvalue weighted by atomic mass is 16.2. The number of nitrogens with zero attached hydrogens (tertiary/aromatic N) is 3. The standard InChI is InChI=1S/C22H25N3O3/c26-18(24-12-10-23(11-13-24)17-4-2-1-3-5-17)8-9-25-21(27)19-15-6-7-16(14-15)20(19)22(25)28/h1-7,15-16,19-20H,8-14H2/t15-,16-,19-,20+/m0/s1. The number of hydrogen-bond donors (Lipinski definition) is 0. The van der Waals surface area contributed by atoms with E-state index in [9.17, 15) is 14.4 Å². The molecular formula is C22H25N3O3. The minimum Gasteiger partial charge on any atom is -0.368 e. The van der Waals surface area contributed by atoms with E-state index in [0.717, 1.165) is 19.5 Å². The van der Waals surface area contributed by atoms with Crippen molar-refractivity contribution in [3.8, 4) is 0 Å². The zero-order valence-corrected chi connectivity index (χ0v) is 15.9. The molecule has 2 aliphatic heterocycles. The van der Waals surface area contributed by atoms with E-state index in [1.807, 2.05) is 23.1 Å². The van der Waals surface area contributed by atoms with E-state index in [0.29, 0.717) is 13.1 Å². The molecule has 28 heavy (non-hydrogen) atoms. The van der Waals surface area contributed by atoms with Crippen LogP contribution < -0.4 is 4.90 Å². The second-order valence-electron chi connectivity index (χ2n) is 8.28. The van der Waals surface area contributed by atoms with E-state index in [4.69, 9.17) is 0 Å². The predicted molar refractivity (Wildman–Crippen MR) is 104 cm³/mol. The molecule has 0 N–H and O–H groups in total. The maximum atomic E-state index is 12.7. The average molecular weight is 379 g/mol. The van der Waals surface area contributed by atoms with Crippen LogP contribution in [0.25, 0.3) is 0 Å². The zero-order chi connectivity index (χ0) is 19.3. The Hall–Kier alpha value is -2.63. The third kappa shape index (κ3) is 2.74. The molecule has 6 heteroatoms. The van der Waals surface area contributed by atoms with Crippen molar-refractivity contribution in [1.29, 1.82) is 0 Å². The van der Waals surface area contributed by atoms with E-state index in [-0.39, 0.29) is 54.4 Å². The van der Waals surface area contributed by atoms with Gasteiger partial charge in [-0.25, -0.2) is 0 Å². The molecule has 1 aromatic rings. The summed E-state index contributed by atoms with van der Waals surface area (Å²) in [5, 5.41) is 0. The first kappa shape index (κ1) is 17.5. The summed E-state index contributed by atoms with van der Waals surface area (Å²) in [7, 11) is 0. The number of benzene rings is 1. The molecule has 1 aromatic carbocycles. The minimum absolute atomic E-state index is 0.0338. The van der Waals surface area contributed by atoms with Gasteiger partial charge in [0.1, 0.15) is 0 Å². The largest absolute Gasteiger partial charge is 0.368 e. The van der Waals surface area contributed by atoms with Gasteiger partial charge in [0.05, 0.1) is 11.8 Å². The van der Waals surface area contributed by atoms with Crippen LogP contribution >= 0.6 is 0 Å². The Labute approximate surface area is 164 Å². The third-order valence-corrected chi connectivity index (χ3v) is 6.86. The Bertz CT molecular complexity index is 799. The number of anilines is 1. The maximum Gasteiger partial charge on any atom is 0.233 e. The summed E-state index contributed by atoms with van der Waals surface area (Å²) >= 11 is 0. The fourth-order valence-electron chi connectivity index (χ4n) is 5.40. The highest BCUT2D eigenvalue weighted by molar-refractivity contribution is 6.06. The van der Waals surface area contributed by atoms with Crippen LogP contribution in [0.3, 0.4) is 0 Å². The average Bonchev–Trinajstić information content (AvgIpc) is 3.41. The molecule has 5 rings (SSSR count). The van der Waals surface area contributed by atoms with Crippen molar-refractivity contribution in [3.05, 3.63) is 42.5 Å².